The molecule has 0 fully saturated rings. The Morgan fingerprint density at radius 3 is 2.61 bits per heavy atom. The lowest BCUT2D eigenvalue weighted by Gasteiger charge is -2.29. The first-order chi connectivity index (χ1) is 16.9. The van der Waals surface area contributed by atoms with Crippen LogP contribution in [0.15, 0.2) is 35.3 Å². The Balaban J connectivity index is 1.93. The molecule has 1 atom stereocenters. The van der Waals surface area contributed by atoms with Crippen LogP contribution in [-0.2, 0) is 14.8 Å². The normalized spacial score (nSPS) is 15.7. The molecule has 0 aromatic heterocycles. The van der Waals surface area contributed by atoms with Crippen LogP contribution < -0.4 is 9.62 Å². The first kappa shape index (κ1) is 28.5. The van der Waals surface area contributed by atoms with Crippen LogP contribution in [0.4, 0.5) is 22.7 Å². The maximum atomic E-state index is 13.2. The first-order valence-electron chi connectivity index (χ1n) is 12.1. The van der Waals surface area contributed by atoms with E-state index in [9.17, 15) is 13.5 Å². The molecule has 0 aliphatic carbocycles. The molecule has 2 aromatic carbocycles. The second kappa shape index (κ2) is 11.5. The van der Waals surface area contributed by atoms with Crippen molar-refractivity contribution in [3.63, 3.8) is 0 Å². The number of aliphatic imine (C=N–C) groups is 1. The van der Waals surface area contributed by atoms with E-state index in [0.717, 1.165) is 17.3 Å². The van der Waals surface area contributed by atoms with Gasteiger partial charge in [0.2, 0.25) is 10.0 Å². The van der Waals surface area contributed by atoms with Gasteiger partial charge in [-0.2, -0.15) is 0 Å². The lowest BCUT2D eigenvalue weighted by Crippen LogP contribution is -2.36. The number of fused-ring (bicyclic) bond motifs is 1. The third-order valence-corrected chi connectivity index (χ3v) is 10.0. The van der Waals surface area contributed by atoms with Crippen LogP contribution in [0.5, 0.6) is 0 Å². The number of nitrogens with zero attached hydrogens (tertiary/aromatic N) is 3. The van der Waals surface area contributed by atoms with E-state index in [4.69, 9.17) is 16.3 Å². The number of halogens is 1. The molecule has 1 aliphatic rings. The number of nitrogens with one attached hydrogen (secondary N) is 1. The quantitative estimate of drug-likeness (QED) is 0.206. The molecule has 2 aromatic rings. The van der Waals surface area contributed by atoms with Crippen LogP contribution in [0.1, 0.15) is 30.7 Å². The Bertz CT molecular complexity index is 1220. The van der Waals surface area contributed by atoms with Crippen molar-refractivity contribution in [2.45, 2.75) is 52.2 Å². The van der Waals surface area contributed by atoms with Gasteiger partial charge in [0.25, 0.3) is 0 Å². The number of hydrogen-bond acceptors (Lipinski definition) is 7. The summed E-state index contributed by atoms with van der Waals surface area (Å²) in [5, 5.41) is 14.3. The van der Waals surface area contributed by atoms with Crippen molar-refractivity contribution in [3.8, 4) is 0 Å². The monoisotopic (exact) mass is 552 g/mol. The fraction of sp³-hybridized carbons (Fsp3) is 0.480. The number of benzene rings is 2. The smallest absolute Gasteiger partial charge is 0.237 e. The van der Waals surface area contributed by atoms with E-state index in [2.05, 4.69) is 30.0 Å². The molecule has 0 amide bonds. The summed E-state index contributed by atoms with van der Waals surface area (Å²) in [5.41, 5.74) is 3.90. The van der Waals surface area contributed by atoms with Gasteiger partial charge >= 0.3 is 0 Å². The highest BCUT2D eigenvalue weighted by Crippen LogP contribution is 2.40. The lowest BCUT2D eigenvalue weighted by atomic mass is 10.0. The predicted molar refractivity (Wildman–Crippen MR) is 152 cm³/mol. The van der Waals surface area contributed by atoms with Gasteiger partial charge in [0, 0.05) is 33.0 Å². The highest BCUT2D eigenvalue weighted by atomic mass is 35.5. The van der Waals surface area contributed by atoms with Gasteiger partial charge in [-0.05, 0) is 49.2 Å². The third-order valence-electron chi connectivity index (χ3n) is 6.03. The Kier molecular flexibility index (Phi) is 9.10. The van der Waals surface area contributed by atoms with Gasteiger partial charge in [-0.1, -0.05) is 44.2 Å². The molecular weight excluding hydrogens is 516 g/mol. The average Bonchev–Trinajstić information content (AvgIpc) is 2.79. The van der Waals surface area contributed by atoms with E-state index >= 15 is 0 Å². The summed E-state index contributed by atoms with van der Waals surface area (Å²) in [6.45, 7) is 10.9. The summed E-state index contributed by atoms with van der Waals surface area (Å²) in [5.74, 6) is -0.00573. The van der Waals surface area contributed by atoms with E-state index in [1.807, 2.05) is 26.0 Å². The highest BCUT2D eigenvalue weighted by Gasteiger charge is 2.27. The SMILES string of the molecule is CCCS(=O)(=O)N(COCC[Si](C)(C)C)c1cccc(Nc2ccc3c(c2C)C(O)N(C)C=N3)c1Cl. The zero-order valence-corrected chi connectivity index (χ0v) is 24.4. The molecule has 0 bridgehead atoms. The molecule has 0 radical (unpaired) electrons. The van der Waals surface area contributed by atoms with Crippen molar-refractivity contribution in [2.75, 3.05) is 35.8 Å². The highest BCUT2D eigenvalue weighted by molar-refractivity contribution is 7.92. The molecule has 0 saturated heterocycles. The van der Waals surface area contributed by atoms with Gasteiger partial charge in [-0.3, -0.25) is 0 Å². The molecular formula is C25H37ClN4O4SSi. The molecule has 0 saturated carbocycles. The number of hydrogen-bond donors (Lipinski definition) is 2. The topological polar surface area (TPSA) is 94.5 Å². The lowest BCUT2D eigenvalue weighted by molar-refractivity contribution is 0.0704. The van der Waals surface area contributed by atoms with Crippen molar-refractivity contribution in [3.05, 3.63) is 46.5 Å². The van der Waals surface area contributed by atoms with Gasteiger partial charge in [0.05, 0.1) is 34.2 Å². The minimum absolute atomic E-state index is 0.00573. The second-order valence-electron chi connectivity index (χ2n) is 10.2. The third kappa shape index (κ3) is 6.60. The summed E-state index contributed by atoms with van der Waals surface area (Å²) >= 11 is 6.79. The molecule has 36 heavy (non-hydrogen) atoms. The molecule has 8 nitrogen and oxygen atoms in total. The minimum Gasteiger partial charge on any atom is -0.369 e. The molecule has 3 rings (SSSR count). The van der Waals surface area contributed by atoms with Gasteiger partial charge in [-0.25, -0.2) is 17.7 Å². The van der Waals surface area contributed by atoms with Crippen molar-refractivity contribution in [1.29, 1.82) is 0 Å². The van der Waals surface area contributed by atoms with Crippen molar-refractivity contribution >= 4 is 58.8 Å². The van der Waals surface area contributed by atoms with E-state index in [1.54, 1.807) is 36.5 Å². The zero-order chi connectivity index (χ0) is 26.7. The van der Waals surface area contributed by atoms with Crippen LogP contribution in [0, 0.1) is 6.92 Å². The van der Waals surface area contributed by atoms with Crippen LogP contribution in [0.3, 0.4) is 0 Å². The van der Waals surface area contributed by atoms with Gasteiger partial charge in [0.1, 0.15) is 6.73 Å². The molecule has 1 unspecified atom stereocenters. The van der Waals surface area contributed by atoms with E-state index in [-0.39, 0.29) is 17.5 Å². The summed E-state index contributed by atoms with van der Waals surface area (Å²) in [6.07, 6.45) is 1.26. The van der Waals surface area contributed by atoms with Crippen molar-refractivity contribution < 1.29 is 18.3 Å². The largest absolute Gasteiger partial charge is 0.369 e. The maximum Gasteiger partial charge on any atom is 0.237 e. The number of aliphatic hydroxyl groups is 1. The van der Waals surface area contributed by atoms with Crippen molar-refractivity contribution in [1.82, 2.24) is 4.90 Å². The number of anilines is 3. The van der Waals surface area contributed by atoms with Gasteiger partial charge in [-0.15, -0.1) is 0 Å². The molecule has 1 heterocycles. The zero-order valence-electron chi connectivity index (χ0n) is 21.9. The molecule has 198 valence electrons. The summed E-state index contributed by atoms with van der Waals surface area (Å²) in [7, 11) is -3.19. The maximum absolute atomic E-state index is 13.2. The summed E-state index contributed by atoms with van der Waals surface area (Å²) in [4.78, 5) is 6.02. The summed E-state index contributed by atoms with van der Waals surface area (Å²) < 4.78 is 33.4. The molecule has 2 N–H and O–H groups in total. The molecule has 0 spiro atoms. The molecule has 11 heteroatoms. The average molecular weight is 553 g/mol. The standard InChI is InChI=1S/C25H37ClN4O4SSi/c1-7-14-35(32,33)30(17-34-13-15-36(4,5)6)22-10-8-9-21(24(22)26)28-19-11-12-20-23(18(19)2)25(31)29(3)16-27-20/h8-12,16,25,28,31H,7,13-15,17H2,1-6H3. The fourth-order valence-corrected chi connectivity index (χ4v) is 6.36. The van der Waals surface area contributed by atoms with E-state index < -0.39 is 24.3 Å². The molecule has 1 aliphatic heterocycles. The number of rotatable bonds is 11. The van der Waals surface area contributed by atoms with E-state index in [0.29, 0.717) is 35.7 Å². The fourth-order valence-electron chi connectivity index (χ4n) is 3.86. The Morgan fingerprint density at radius 2 is 1.94 bits per heavy atom. The van der Waals surface area contributed by atoms with Crippen LogP contribution >= 0.6 is 11.6 Å². The predicted octanol–water partition coefficient (Wildman–Crippen LogP) is 5.85. The van der Waals surface area contributed by atoms with Gasteiger partial charge in [0.15, 0.2) is 6.23 Å². The van der Waals surface area contributed by atoms with E-state index in [1.165, 1.54) is 4.31 Å². The number of ether oxygens (including phenoxy) is 1. The first-order valence-corrected chi connectivity index (χ1v) is 17.8. The minimum atomic E-state index is -3.63. The second-order valence-corrected chi connectivity index (χ2v) is 18.2. The number of aliphatic hydroxyl groups excluding tert-OH is 1. The van der Waals surface area contributed by atoms with Crippen LogP contribution in [0.2, 0.25) is 30.7 Å². The number of sulfonamides is 1. The van der Waals surface area contributed by atoms with Crippen LogP contribution in [0.25, 0.3) is 0 Å². The Morgan fingerprint density at radius 1 is 1.22 bits per heavy atom. The van der Waals surface area contributed by atoms with Crippen LogP contribution in [-0.4, -0.2) is 59.0 Å². The Labute approximate surface area is 221 Å². The van der Waals surface area contributed by atoms with Gasteiger partial charge < -0.3 is 20.1 Å². The Hall–Kier alpha value is -2.11. The van der Waals surface area contributed by atoms with Crippen molar-refractivity contribution in [2.24, 2.45) is 4.99 Å². The summed E-state index contributed by atoms with van der Waals surface area (Å²) in [6, 6.07) is 9.89.